The molecule has 2 heterocycles. The van der Waals surface area contributed by atoms with Gasteiger partial charge in [-0.1, -0.05) is 0 Å². The summed E-state index contributed by atoms with van der Waals surface area (Å²) in [6.45, 7) is 5.58. The van der Waals surface area contributed by atoms with Crippen molar-refractivity contribution < 1.29 is 61.9 Å². The molecule has 0 radical (unpaired) electrons. The average molecular weight is 587 g/mol. The first-order valence-corrected chi connectivity index (χ1v) is 12.2. The van der Waals surface area contributed by atoms with E-state index in [0.717, 1.165) is 27.7 Å². The lowest BCUT2D eigenvalue weighted by Crippen LogP contribution is -2.54. The van der Waals surface area contributed by atoms with Gasteiger partial charge in [0.15, 0.2) is 18.4 Å². The zero-order valence-corrected chi connectivity index (χ0v) is 23.1. The molecule has 17 nitrogen and oxygen atoms in total. The second-order valence-electron chi connectivity index (χ2n) is 8.44. The van der Waals surface area contributed by atoms with Crippen LogP contribution in [0, 0.1) is 0 Å². The van der Waals surface area contributed by atoms with Crippen LogP contribution in [0.2, 0.25) is 0 Å². The van der Waals surface area contributed by atoms with Gasteiger partial charge in [-0.25, -0.2) is 14.4 Å². The van der Waals surface area contributed by atoms with Crippen molar-refractivity contribution in [3.63, 3.8) is 0 Å². The molecule has 0 aliphatic carbocycles. The summed E-state index contributed by atoms with van der Waals surface area (Å²) >= 11 is 0. The van der Waals surface area contributed by atoms with E-state index in [1.165, 1.54) is 13.8 Å². The van der Waals surface area contributed by atoms with Gasteiger partial charge in [-0.2, -0.15) is 0 Å². The monoisotopic (exact) mass is 586 g/mol. The second kappa shape index (κ2) is 13.7. The largest absolute Gasteiger partial charge is 0.463 e. The third-order valence-electron chi connectivity index (χ3n) is 5.38. The molecule has 2 rings (SSSR count). The van der Waals surface area contributed by atoms with E-state index in [2.05, 4.69) is 0 Å². The molecule has 0 bridgehead atoms. The summed E-state index contributed by atoms with van der Waals surface area (Å²) in [6, 6.07) is 0. The van der Waals surface area contributed by atoms with Crippen molar-refractivity contribution >= 4 is 35.8 Å². The average Bonchev–Trinajstić information content (AvgIpc) is 3.17. The van der Waals surface area contributed by atoms with Gasteiger partial charge in [0.25, 0.3) is 5.56 Å². The van der Waals surface area contributed by atoms with Crippen LogP contribution in [0.4, 0.5) is 0 Å². The van der Waals surface area contributed by atoms with E-state index in [0.29, 0.717) is 10.8 Å². The number of aromatic amines is 1. The highest BCUT2D eigenvalue weighted by atomic mass is 16.7. The van der Waals surface area contributed by atoms with Crippen LogP contribution in [0.5, 0.6) is 0 Å². The van der Waals surface area contributed by atoms with Crippen molar-refractivity contribution in [3.8, 4) is 0 Å². The Balaban J connectivity index is 2.85. The number of H-pyrrole nitrogens is 1. The topological polar surface area (TPSA) is 222 Å². The predicted molar refractivity (Wildman–Crippen MR) is 130 cm³/mol. The minimum Gasteiger partial charge on any atom is -0.463 e. The first-order chi connectivity index (χ1) is 19.2. The second-order valence-corrected chi connectivity index (χ2v) is 8.44. The fourth-order valence-electron chi connectivity index (χ4n) is 3.96. The molecule has 41 heavy (non-hydrogen) atoms. The van der Waals surface area contributed by atoms with Gasteiger partial charge in [0.05, 0.1) is 13.2 Å². The predicted octanol–water partition coefficient (Wildman–Crippen LogP) is -1.25. The highest BCUT2D eigenvalue weighted by molar-refractivity contribution is 6.06. The molecule has 1 aromatic heterocycles. The van der Waals surface area contributed by atoms with Crippen LogP contribution in [-0.4, -0.2) is 83.5 Å². The lowest BCUT2D eigenvalue weighted by Gasteiger charge is -2.29. The summed E-state index contributed by atoms with van der Waals surface area (Å²) in [5.41, 5.74) is -6.62. The Morgan fingerprint density at radius 3 is 1.83 bits per heavy atom. The molecule has 0 saturated carbocycles. The minimum absolute atomic E-state index is 0.318. The standard InChI is InChI=1S/C24H30N2O15/c1-7-35-21(32)24(41-14(6)30,22(33)36-8-2)15-9-26(23(34)25-19(15)31)20-18(39-13(5)29)17(38-12(4)28)16(40-20)10-37-11(3)27/h9,16-18,20H,7-8,10H2,1-6H3,(H,25,31,34)/t16-,17-,18-,20-/m1/s1. The normalized spacial score (nSPS) is 20.0. The fraction of sp³-hybridized carbons (Fsp3) is 0.583. The number of rotatable bonds is 11. The number of aromatic nitrogens is 2. The van der Waals surface area contributed by atoms with Gasteiger partial charge >= 0.3 is 47.1 Å². The number of nitrogens with one attached hydrogen (secondary N) is 1. The quantitative estimate of drug-likeness (QED) is 0.182. The van der Waals surface area contributed by atoms with Crippen LogP contribution in [0.15, 0.2) is 15.8 Å². The number of hydrogen-bond acceptors (Lipinski definition) is 15. The summed E-state index contributed by atoms with van der Waals surface area (Å²) in [5, 5.41) is 0. The minimum atomic E-state index is -3.14. The van der Waals surface area contributed by atoms with Crippen LogP contribution >= 0.6 is 0 Å². The van der Waals surface area contributed by atoms with Crippen molar-refractivity contribution in [1.82, 2.24) is 9.55 Å². The number of carbonyl (C=O) groups excluding carboxylic acids is 6. The molecular weight excluding hydrogens is 556 g/mol. The molecule has 17 heteroatoms. The van der Waals surface area contributed by atoms with Crippen molar-refractivity contribution in [2.24, 2.45) is 0 Å². The maximum Gasteiger partial charge on any atom is 0.367 e. The van der Waals surface area contributed by atoms with Crippen LogP contribution in [0.25, 0.3) is 0 Å². The van der Waals surface area contributed by atoms with E-state index in [-0.39, 0.29) is 13.2 Å². The molecule has 1 aliphatic rings. The Morgan fingerprint density at radius 2 is 1.37 bits per heavy atom. The first kappa shape index (κ1) is 32.7. The number of nitrogens with zero attached hydrogens (tertiary/aromatic N) is 1. The van der Waals surface area contributed by atoms with Crippen molar-refractivity contribution in [1.29, 1.82) is 0 Å². The Morgan fingerprint density at radius 1 is 0.829 bits per heavy atom. The van der Waals surface area contributed by atoms with Gasteiger partial charge in [0.1, 0.15) is 18.3 Å². The van der Waals surface area contributed by atoms with E-state index >= 15 is 0 Å². The molecule has 226 valence electrons. The molecule has 4 atom stereocenters. The number of carbonyl (C=O) groups is 6. The molecule has 0 amide bonds. The van der Waals surface area contributed by atoms with E-state index in [1.54, 1.807) is 0 Å². The third-order valence-corrected chi connectivity index (χ3v) is 5.38. The lowest BCUT2D eigenvalue weighted by molar-refractivity contribution is -0.197. The molecule has 1 saturated heterocycles. The fourth-order valence-corrected chi connectivity index (χ4v) is 3.96. The summed E-state index contributed by atoms with van der Waals surface area (Å²) in [6.07, 6.45) is -5.37. The van der Waals surface area contributed by atoms with Gasteiger partial charge in [0.2, 0.25) is 0 Å². The number of ether oxygens (including phenoxy) is 7. The van der Waals surface area contributed by atoms with Gasteiger partial charge < -0.3 is 33.2 Å². The summed E-state index contributed by atoms with van der Waals surface area (Å²) in [5.74, 6) is -6.72. The zero-order chi connectivity index (χ0) is 31.1. The Labute approximate surface area is 231 Å². The Kier molecular flexibility index (Phi) is 10.9. The van der Waals surface area contributed by atoms with Crippen LogP contribution < -0.4 is 11.2 Å². The van der Waals surface area contributed by atoms with E-state index in [1.807, 2.05) is 4.98 Å². The maximum atomic E-state index is 13.1. The van der Waals surface area contributed by atoms with E-state index in [9.17, 15) is 38.4 Å². The van der Waals surface area contributed by atoms with Crippen molar-refractivity contribution in [2.45, 2.75) is 71.7 Å². The van der Waals surface area contributed by atoms with Crippen molar-refractivity contribution in [2.75, 3.05) is 19.8 Å². The van der Waals surface area contributed by atoms with Crippen LogP contribution in [0.1, 0.15) is 53.3 Å². The Hall–Kier alpha value is -4.54. The van der Waals surface area contributed by atoms with Gasteiger partial charge in [-0.05, 0) is 13.8 Å². The summed E-state index contributed by atoms with van der Waals surface area (Å²) in [7, 11) is 0. The zero-order valence-electron chi connectivity index (χ0n) is 23.1. The third kappa shape index (κ3) is 7.36. The van der Waals surface area contributed by atoms with E-state index < -0.39 is 89.4 Å². The number of hydrogen-bond donors (Lipinski definition) is 1. The molecule has 0 spiro atoms. The highest BCUT2D eigenvalue weighted by Crippen LogP contribution is 2.35. The maximum absolute atomic E-state index is 13.1. The molecule has 0 unspecified atom stereocenters. The SMILES string of the molecule is CCOC(=O)C(OC(C)=O)(C(=O)OCC)c1cn([C@@H]2O[C@H](COC(C)=O)[C@@H](OC(C)=O)[C@H]2OC(C)=O)c(=O)[nH]c1=O. The van der Waals surface area contributed by atoms with Crippen molar-refractivity contribution in [3.05, 3.63) is 32.6 Å². The molecule has 1 fully saturated rings. The molecular formula is C24H30N2O15. The molecule has 0 aromatic carbocycles. The first-order valence-electron chi connectivity index (χ1n) is 12.2. The van der Waals surface area contributed by atoms with Crippen LogP contribution in [-0.2, 0) is 67.5 Å². The molecule has 1 N–H and O–H groups in total. The van der Waals surface area contributed by atoms with Gasteiger partial charge in [-0.15, -0.1) is 0 Å². The summed E-state index contributed by atoms with van der Waals surface area (Å²) < 4.78 is 36.7. The van der Waals surface area contributed by atoms with Crippen LogP contribution in [0.3, 0.4) is 0 Å². The molecule has 1 aromatic rings. The van der Waals surface area contributed by atoms with E-state index in [4.69, 9.17) is 33.2 Å². The lowest BCUT2D eigenvalue weighted by atomic mass is 9.95. The van der Waals surface area contributed by atoms with Gasteiger partial charge in [0, 0.05) is 33.9 Å². The summed E-state index contributed by atoms with van der Waals surface area (Å²) in [4.78, 5) is 101. The Bertz CT molecular complexity index is 1290. The number of esters is 6. The molecule has 1 aliphatic heterocycles. The highest BCUT2D eigenvalue weighted by Gasteiger charge is 2.58. The smallest absolute Gasteiger partial charge is 0.367 e. The van der Waals surface area contributed by atoms with Gasteiger partial charge in [-0.3, -0.25) is 33.5 Å².